The van der Waals surface area contributed by atoms with E-state index in [1.165, 1.54) is 4.31 Å². The van der Waals surface area contributed by atoms with Gasteiger partial charge in [-0.15, -0.1) is 0 Å². The molecule has 4 aliphatic rings. The number of carbonyl (C=O) groups is 3. The third-order valence-electron chi connectivity index (χ3n) is 7.64. The molecule has 2 bridgehead atoms. The topological polar surface area (TPSA) is 146 Å². The van der Waals surface area contributed by atoms with Crippen LogP contribution in [0.3, 0.4) is 0 Å². The molecule has 12 nitrogen and oxygen atoms in total. The molecule has 3 atom stereocenters. The van der Waals surface area contributed by atoms with E-state index < -0.39 is 21.9 Å². The number of anilines is 1. The predicted octanol–water partition coefficient (Wildman–Crippen LogP) is 1.98. The molecule has 5 rings (SSSR count). The molecule has 3 saturated heterocycles. The number of rotatable bonds is 5. The number of nitrogens with zero attached hydrogens (tertiary/aromatic N) is 2. The Labute approximate surface area is 228 Å². The Morgan fingerprint density at radius 1 is 1.03 bits per heavy atom. The first-order valence-corrected chi connectivity index (χ1v) is 14.9. The molecule has 3 fully saturated rings. The van der Waals surface area contributed by atoms with Crippen LogP contribution in [0.2, 0.25) is 0 Å². The lowest BCUT2D eigenvalue weighted by atomic mass is 9.99. The van der Waals surface area contributed by atoms with E-state index in [2.05, 4.69) is 16.0 Å². The van der Waals surface area contributed by atoms with Gasteiger partial charge < -0.3 is 25.4 Å². The zero-order chi connectivity index (χ0) is 27.9. The SMILES string of the molecule is CC(C)(C)OC(=O)NC1CCN(S(=O)(=O)N2[C@@H]3CC[C@H]2C[C@@H](NC(=O)c2ccc4c(c2)NC(=O)CO4)C3)CC1. The molecule has 214 valence electrons. The molecule has 39 heavy (non-hydrogen) atoms. The zero-order valence-corrected chi connectivity index (χ0v) is 23.4. The summed E-state index contributed by atoms with van der Waals surface area (Å²) in [4.78, 5) is 36.7. The number of carbonyl (C=O) groups excluding carboxylic acids is 3. The lowest BCUT2D eigenvalue weighted by Gasteiger charge is -2.42. The van der Waals surface area contributed by atoms with E-state index in [1.807, 2.05) is 0 Å². The second kappa shape index (κ2) is 10.6. The highest BCUT2D eigenvalue weighted by Crippen LogP contribution is 2.39. The minimum atomic E-state index is -3.67. The maximum Gasteiger partial charge on any atom is 0.407 e. The van der Waals surface area contributed by atoms with E-state index in [1.54, 1.807) is 43.3 Å². The minimum absolute atomic E-state index is 0.0518. The fraction of sp³-hybridized carbons (Fsp3) is 0.654. The van der Waals surface area contributed by atoms with Gasteiger partial charge in [-0.25, -0.2) is 4.79 Å². The molecule has 3 amide bonds. The van der Waals surface area contributed by atoms with Crippen LogP contribution in [0.15, 0.2) is 18.2 Å². The van der Waals surface area contributed by atoms with Crippen molar-refractivity contribution in [2.45, 2.75) is 89.1 Å². The molecule has 0 unspecified atom stereocenters. The molecule has 13 heteroatoms. The third kappa shape index (κ3) is 6.15. The van der Waals surface area contributed by atoms with Gasteiger partial charge in [0.05, 0.1) is 5.69 Å². The second-order valence-electron chi connectivity index (χ2n) is 11.7. The van der Waals surface area contributed by atoms with Crippen molar-refractivity contribution < 1.29 is 32.3 Å². The first-order chi connectivity index (χ1) is 18.4. The van der Waals surface area contributed by atoms with Gasteiger partial charge in [0.2, 0.25) is 0 Å². The van der Waals surface area contributed by atoms with Crippen molar-refractivity contribution in [3.05, 3.63) is 23.8 Å². The predicted molar refractivity (Wildman–Crippen MR) is 143 cm³/mol. The summed E-state index contributed by atoms with van der Waals surface area (Å²) in [6, 6.07) is 4.29. The number of nitrogens with one attached hydrogen (secondary N) is 3. The van der Waals surface area contributed by atoms with Crippen molar-refractivity contribution >= 4 is 33.8 Å². The van der Waals surface area contributed by atoms with Gasteiger partial charge in [0.15, 0.2) is 6.61 Å². The Balaban J connectivity index is 1.16. The van der Waals surface area contributed by atoms with E-state index in [4.69, 9.17) is 9.47 Å². The summed E-state index contributed by atoms with van der Waals surface area (Å²) in [5.74, 6) is -0.0148. The normalized spacial score (nSPS) is 26.2. The lowest BCUT2D eigenvalue weighted by Crippen LogP contribution is -2.57. The van der Waals surface area contributed by atoms with Gasteiger partial charge in [0.25, 0.3) is 22.0 Å². The summed E-state index contributed by atoms with van der Waals surface area (Å²) >= 11 is 0. The van der Waals surface area contributed by atoms with Crippen LogP contribution in [-0.2, 0) is 19.7 Å². The van der Waals surface area contributed by atoms with Crippen LogP contribution < -0.4 is 20.7 Å². The van der Waals surface area contributed by atoms with Crippen LogP contribution in [0.5, 0.6) is 5.75 Å². The van der Waals surface area contributed by atoms with Crippen molar-refractivity contribution in [1.82, 2.24) is 19.2 Å². The fourth-order valence-corrected chi connectivity index (χ4v) is 8.04. The highest BCUT2D eigenvalue weighted by molar-refractivity contribution is 7.86. The minimum Gasteiger partial charge on any atom is -0.482 e. The van der Waals surface area contributed by atoms with Gasteiger partial charge >= 0.3 is 6.09 Å². The van der Waals surface area contributed by atoms with Gasteiger partial charge in [0.1, 0.15) is 11.4 Å². The van der Waals surface area contributed by atoms with Crippen molar-refractivity contribution in [2.75, 3.05) is 25.0 Å². The Morgan fingerprint density at radius 3 is 2.33 bits per heavy atom. The summed E-state index contributed by atoms with van der Waals surface area (Å²) < 4.78 is 41.1. The number of amides is 3. The smallest absolute Gasteiger partial charge is 0.407 e. The second-order valence-corrected chi connectivity index (χ2v) is 13.6. The Hall–Kier alpha value is -2.90. The van der Waals surface area contributed by atoms with Crippen molar-refractivity contribution in [3.8, 4) is 5.75 Å². The molecular formula is C26H37N5O7S. The molecule has 1 aromatic rings. The Morgan fingerprint density at radius 2 is 1.69 bits per heavy atom. The Kier molecular flexibility index (Phi) is 7.51. The molecule has 0 radical (unpaired) electrons. The summed E-state index contributed by atoms with van der Waals surface area (Å²) in [6.45, 7) is 6.01. The van der Waals surface area contributed by atoms with Gasteiger partial charge in [-0.05, 0) is 77.5 Å². The summed E-state index contributed by atoms with van der Waals surface area (Å²) in [5, 5.41) is 8.62. The van der Waals surface area contributed by atoms with Crippen LogP contribution in [0, 0.1) is 0 Å². The quantitative estimate of drug-likeness (QED) is 0.496. The van der Waals surface area contributed by atoms with Crippen LogP contribution in [0.1, 0.15) is 69.7 Å². The van der Waals surface area contributed by atoms with E-state index >= 15 is 0 Å². The molecule has 0 aromatic heterocycles. The van der Waals surface area contributed by atoms with Crippen molar-refractivity contribution in [2.24, 2.45) is 0 Å². The number of alkyl carbamates (subject to hydrolysis) is 1. The molecule has 0 spiro atoms. The van der Waals surface area contributed by atoms with Gasteiger partial charge in [-0.3, -0.25) is 9.59 Å². The highest BCUT2D eigenvalue weighted by Gasteiger charge is 2.49. The largest absolute Gasteiger partial charge is 0.482 e. The number of ether oxygens (including phenoxy) is 2. The van der Waals surface area contributed by atoms with E-state index in [-0.39, 0.29) is 42.6 Å². The van der Waals surface area contributed by atoms with E-state index in [0.717, 1.165) is 12.8 Å². The van der Waals surface area contributed by atoms with Crippen molar-refractivity contribution in [1.29, 1.82) is 0 Å². The first kappa shape index (κ1) is 27.7. The molecule has 0 aliphatic carbocycles. The molecule has 4 heterocycles. The van der Waals surface area contributed by atoms with Crippen LogP contribution >= 0.6 is 0 Å². The van der Waals surface area contributed by atoms with Crippen LogP contribution in [0.4, 0.5) is 10.5 Å². The first-order valence-electron chi connectivity index (χ1n) is 13.5. The van der Waals surface area contributed by atoms with Gasteiger partial charge in [-0.1, -0.05) is 0 Å². The highest BCUT2D eigenvalue weighted by atomic mass is 32.2. The standard InChI is InChI=1S/C26H37N5O7S/c1-26(2,3)38-25(34)28-17-8-10-30(11-9-17)39(35,36)31-19-5-6-20(31)14-18(13-19)27-24(33)16-4-7-22-21(12-16)29-23(32)15-37-22/h4,7,12,17-20H,5-6,8-11,13-15H2,1-3H3,(H,27,33)(H,28,34)(H,29,32)/t18-,19+,20-. The fourth-order valence-electron chi connectivity index (χ4n) is 5.96. The Bertz CT molecular complexity index is 1230. The van der Waals surface area contributed by atoms with E-state index in [0.29, 0.717) is 55.8 Å². The maximum atomic E-state index is 13.6. The molecule has 3 N–H and O–H groups in total. The number of piperidine rings is 2. The van der Waals surface area contributed by atoms with Crippen LogP contribution in [-0.4, -0.2) is 84.4 Å². The van der Waals surface area contributed by atoms with Crippen LogP contribution in [0.25, 0.3) is 0 Å². The summed E-state index contributed by atoms with van der Waals surface area (Å²) in [5.41, 5.74) is 0.279. The lowest BCUT2D eigenvalue weighted by molar-refractivity contribution is -0.118. The number of benzene rings is 1. The average molecular weight is 564 g/mol. The molecule has 0 saturated carbocycles. The third-order valence-corrected chi connectivity index (χ3v) is 9.79. The summed E-state index contributed by atoms with van der Waals surface area (Å²) in [7, 11) is -3.67. The summed E-state index contributed by atoms with van der Waals surface area (Å²) in [6.07, 6.45) is 3.16. The van der Waals surface area contributed by atoms with Gasteiger partial charge in [-0.2, -0.15) is 17.0 Å². The monoisotopic (exact) mass is 563 g/mol. The number of hydrogen-bond donors (Lipinski definition) is 3. The molecule has 1 aromatic carbocycles. The maximum absolute atomic E-state index is 13.6. The number of hydrogen-bond acceptors (Lipinski definition) is 7. The molecule has 4 aliphatic heterocycles. The average Bonchev–Trinajstić information content (AvgIpc) is 3.14. The van der Waals surface area contributed by atoms with E-state index in [9.17, 15) is 22.8 Å². The molecular weight excluding hydrogens is 526 g/mol. The van der Waals surface area contributed by atoms with Crippen molar-refractivity contribution in [3.63, 3.8) is 0 Å². The number of fused-ring (bicyclic) bond motifs is 3. The zero-order valence-electron chi connectivity index (χ0n) is 22.6. The van der Waals surface area contributed by atoms with Gasteiger partial charge in [0, 0.05) is 42.8 Å².